The minimum absolute atomic E-state index is 0.0186. The van der Waals surface area contributed by atoms with E-state index in [0.29, 0.717) is 31.5 Å². The summed E-state index contributed by atoms with van der Waals surface area (Å²) >= 11 is 0. The van der Waals surface area contributed by atoms with Crippen LogP contribution in [0.25, 0.3) is 0 Å². The van der Waals surface area contributed by atoms with Gasteiger partial charge in [0.15, 0.2) is 0 Å². The van der Waals surface area contributed by atoms with Crippen molar-refractivity contribution in [1.82, 2.24) is 10.2 Å². The molecule has 0 aromatic carbocycles. The Labute approximate surface area is 114 Å². The van der Waals surface area contributed by atoms with Crippen LogP contribution in [0, 0.1) is 11.8 Å². The standard InChI is InChI=1S/C14H24N2O3/c1-9(2)15-7-6-12(17)16-8-10-4-3-5-11(10)13(16)14(18)19/h9-11,13,15H,3-8H2,1-2H3,(H,18,19). The van der Waals surface area contributed by atoms with Crippen molar-refractivity contribution in [3.05, 3.63) is 0 Å². The Bertz CT molecular complexity index is 357. The fraction of sp³-hybridized carbons (Fsp3) is 0.857. The van der Waals surface area contributed by atoms with Crippen LogP contribution in [0.5, 0.6) is 0 Å². The molecule has 5 nitrogen and oxygen atoms in total. The van der Waals surface area contributed by atoms with Crippen molar-refractivity contribution in [2.75, 3.05) is 13.1 Å². The van der Waals surface area contributed by atoms with Crippen molar-refractivity contribution in [3.63, 3.8) is 0 Å². The van der Waals surface area contributed by atoms with Crippen LogP contribution in [0.4, 0.5) is 0 Å². The SMILES string of the molecule is CC(C)NCCC(=O)N1CC2CCCC2C1C(=O)O. The van der Waals surface area contributed by atoms with Gasteiger partial charge in [-0.25, -0.2) is 4.79 Å². The van der Waals surface area contributed by atoms with E-state index in [0.717, 1.165) is 19.3 Å². The fourth-order valence-electron chi connectivity index (χ4n) is 3.49. The van der Waals surface area contributed by atoms with Crippen molar-refractivity contribution in [1.29, 1.82) is 0 Å². The van der Waals surface area contributed by atoms with Gasteiger partial charge in [-0.3, -0.25) is 4.79 Å². The summed E-state index contributed by atoms with van der Waals surface area (Å²) in [5, 5.41) is 12.6. The molecule has 1 aliphatic heterocycles. The second kappa shape index (κ2) is 5.90. The highest BCUT2D eigenvalue weighted by molar-refractivity contribution is 5.84. The van der Waals surface area contributed by atoms with Gasteiger partial charge in [-0.05, 0) is 24.7 Å². The smallest absolute Gasteiger partial charge is 0.326 e. The molecule has 1 saturated heterocycles. The molecule has 0 spiro atoms. The topological polar surface area (TPSA) is 69.6 Å². The number of likely N-dealkylation sites (tertiary alicyclic amines) is 1. The third-order valence-electron chi connectivity index (χ3n) is 4.36. The number of nitrogens with one attached hydrogen (secondary N) is 1. The number of hydrogen-bond donors (Lipinski definition) is 2. The molecule has 2 rings (SSSR count). The molecule has 0 aromatic heterocycles. The molecule has 1 saturated carbocycles. The molecule has 1 amide bonds. The van der Waals surface area contributed by atoms with Gasteiger partial charge in [-0.2, -0.15) is 0 Å². The molecular formula is C14H24N2O3. The third kappa shape index (κ3) is 3.08. The van der Waals surface area contributed by atoms with Crippen LogP contribution in [-0.2, 0) is 9.59 Å². The number of nitrogens with zero attached hydrogens (tertiary/aromatic N) is 1. The van der Waals surface area contributed by atoms with Crippen LogP contribution < -0.4 is 5.32 Å². The Kier molecular flexibility index (Phi) is 4.45. The number of aliphatic carboxylic acids is 1. The van der Waals surface area contributed by atoms with E-state index in [-0.39, 0.29) is 11.8 Å². The van der Waals surface area contributed by atoms with Crippen LogP contribution in [0.1, 0.15) is 39.5 Å². The predicted octanol–water partition coefficient (Wildman–Crippen LogP) is 1.09. The monoisotopic (exact) mass is 268 g/mol. The van der Waals surface area contributed by atoms with Crippen molar-refractivity contribution in [3.8, 4) is 0 Å². The summed E-state index contributed by atoms with van der Waals surface area (Å²) in [5.41, 5.74) is 0. The number of amides is 1. The van der Waals surface area contributed by atoms with E-state index in [9.17, 15) is 14.7 Å². The Hall–Kier alpha value is -1.10. The van der Waals surface area contributed by atoms with E-state index >= 15 is 0 Å². The van der Waals surface area contributed by atoms with Gasteiger partial charge in [-0.1, -0.05) is 20.3 Å². The van der Waals surface area contributed by atoms with Gasteiger partial charge in [0.25, 0.3) is 0 Å². The van der Waals surface area contributed by atoms with E-state index in [1.807, 2.05) is 13.8 Å². The summed E-state index contributed by atoms with van der Waals surface area (Å²) in [7, 11) is 0. The Morgan fingerprint density at radius 2 is 2.11 bits per heavy atom. The lowest BCUT2D eigenvalue weighted by Gasteiger charge is -2.24. The highest BCUT2D eigenvalue weighted by Gasteiger charge is 2.49. The van der Waals surface area contributed by atoms with E-state index in [1.165, 1.54) is 0 Å². The quantitative estimate of drug-likeness (QED) is 0.783. The fourth-order valence-corrected chi connectivity index (χ4v) is 3.49. The molecule has 2 aliphatic rings. The van der Waals surface area contributed by atoms with E-state index in [2.05, 4.69) is 5.32 Å². The predicted molar refractivity (Wildman–Crippen MR) is 71.7 cm³/mol. The number of rotatable bonds is 5. The molecule has 0 aromatic rings. The first-order valence-corrected chi connectivity index (χ1v) is 7.26. The van der Waals surface area contributed by atoms with Crippen LogP contribution >= 0.6 is 0 Å². The normalized spacial score (nSPS) is 29.8. The average molecular weight is 268 g/mol. The minimum atomic E-state index is -0.834. The summed E-state index contributed by atoms with van der Waals surface area (Å²) in [5.74, 6) is -0.267. The van der Waals surface area contributed by atoms with Crippen molar-refractivity contribution < 1.29 is 14.7 Å². The molecule has 3 unspecified atom stereocenters. The number of carboxylic acid groups (broad SMARTS) is 1. The molecule has 108 valence electrons. The largest absolute Gasteiger partial charge is 0.480 e. The maximum absolute atomic E-state index is 12.2. The lowest BCUT2D eigenvalue weighted by molar-refractivity contribution is -0.149. The second-order valence-corrected chi connectivity index (χ2v) is 6.04. The summed E-state index contributed by atoms with van der Waals surface area (Å²) in [6.07, 6.45) is 3.52. The van der Waals surface area contributed by atoms with Crippen molar-refractivity contribution in [2.24, 2.45) is 11.8 Å². The number of carbonyl (C=O) groups is 2. The van der Waals surface area contributed by atoms with Crippen LogP contribution in [-0.4, -0.2) is 47.1 Å². The number of hydrogen-bond acceptors (Lipinski definition) is 3. The van der Waals surface area contributed by atoms with Gasteiger partial charge in [-0.15, -0.1) is 0 Å². The van der Waals surface area contributed by atoms with Crippen molar-refractivity contribution in [2.45, 2.75) is 51.6 Å². The molecule has 0 bridgehead atoms. The van der Waals surface area contributed by atoms with E-state index < -0.39 is 12.0 Å². The summed E-state index contributed by atoms with van der Waals surface area (Å²) in [4.78, 5) is 25.2. The van der Waals surface area contributed by atoms with Gasteiger partial charge >= 0.3 is 5.97 Å². The highest BCUT2D eigenvalue weighted by Crippen LogP contribution is 2.42. The molecular weight excluding hydrogens is 244 g/mol. The Balaban J connectivity index is 1.94. The molecule has 0 radical (unpaired) electrons. The first-order chi connectivity index (χ1) is 9.00. The van der Waals surface area contributed by atoms with Gasteiger partial charge in [0.2, 0.25) is 5.91 Å². The van der Waals surface area contributed by atoms with Crippen LogP contribution in [0.15, 0.2) is 0 Å². The first-order valence-electron chi connectivity index (χ1n) is 7.26. The first kappa shape index (κ1) is 14.3. The summed E-state index contributed by atoms with van der Waals surface area (Å²) in [6.45, 7) is 5.33. The summed E-state index contributed by atoms with van der Waals surface area (Å²) < 4.78 is 0. The molecule has 2 fully saturated rings. The van der Waals surface area contributed by atoms with Crippen LogP contribution in [0.3, 0.4) is 0 Å². The summed E-state index contributed by atoms with van der Waals surface area (Å²) in [6, 6.07) is -0.236. The Morgan fingerprint density at radius 1 is 1.37 bits per heavy atom. The van der Waals surface area contributed by atoms with Crippen LogP contribution in [0.2, 0.25) is 0 Å². The zero-order chi connectivity index (χ0) is 14.0. The second-order valence-electron chi connectivity index (χ2n) is 6.04. The Morgan fingerprint density at radius 3 is 2.74 bits per heavy atom. The molecule has 1 heterocycles. The molecule has 1 aliphatic carbocycles. The van der Waals surface area contributed by atoms with Gasteiger partial charge in [0, 0.05) is 25.6 Å². The molecule has 19 heavy (non-hydrogen) atoms. The van der Waals surface area contributed by atoms with Gasteiger partial charge < -0.3 is 15.3 Å². The maximum atomic E-state index is 12.2. The van der Waals surface area contributed by atoms with E-state index in [1.54, 1.807) is 4.90 Å². The maximum Gasteiger partial charge on any atom is 0.326 e. The van der Waals surface area contributed by atoms with E-state index in [4.69, 9.17) is 0 Å². The number of carboxylic acids is 1. The van der Waals surface area contributed by atoms with Gasteiger partial charge in [0.05, 0.1) is 0 Å². The number of fused-ring (bicyclic) bond motifs is 1. The lowest BCUT2D eigenvalue weighted by Crippen LogP contribution is -2.44. The lowest BCUT2D eigenvalue weighted by atomic mass is 9.94. The van der Waals surface area contributed by atoms with Crippen molar-refractivity contribution >= 4 is 11.9 Å². The zero-order valence-corrected chi connectivity index (χ0v) is 11.8. The zero-order valence-electron chi connectivity index (χ0n) is 11.8. The highest BCUT2D eigenvalue weighted by atomic mass is 16.4. The number of carbonyl (C=O) groups excluding carboxylic acids is 1. The van der Waals surface area contributed by atoms with Gasteiger partial charge in [0.1, 0.15) is 6.04 Å². The third-order valence-corrected chi connectivity index (χ3v) is 4.36. The minimum Gasteiger partial charge on any atom is -0.480 e. The molecule has 5 heteroatoms. The average Bonchev–Trinajstić information content (AvgIpc) is 2.86. The molecule has 3 atom stereocenters. The molecule has 2 N–H and O–H groups in total.